The summed E-state index contributed by atoms with van der Waals surface area (Å²) in [6.45, 7) is 3.53. The molecule has 0 aliphatic heterocycles. The highest BCUT2D eigenvalue weighted by Crippen LogP contribution is 1.96. The summed E-state index contributed by atoms with van der Waals surface area (Å²) in [6.07, 6.45) is 0.907. The molecule has 0 aliphatic carbocycles. The number of amides is 2. The molecule has 0 aromatic carbocycles. The van der Waals surface area contributed by atoms with E-state index in [9.17, 15) is 9.59 Å². The molecule has 0 heterocycles. The van der Waals surface area contributed by atoms with Gasteiger partial charge in [-0.05, 0) is 0 Å². The maximum absolute atomic E-state index is 10.6. The van der Waals surface area contributed by atoms with Crippen LogP contribution < -0.4 is 10.2 Å². The molecular weight excluding hydrogens is 163 g/mol. The van der Waals surface area contributed by atoms with Crippen molar-refractivity contribution >= 4 is 20.7 Å². The second-order valence-corrected chi connectivity index (χ2v) is 2.68. The lowest BCUT2D eigenvalue weighted by Gasteiger charge is -2.03. The molecule has 0 aliphatic rings. The second kappa shape index (κ2) is 6.10. The summed E-state index contributed by atoms with van der Waals surface area (Å²) >= 11 is 0. The number of carbonyl (C=O) groups excluding carboxylic acids is 2. The SMILES string of the molecule is CCC(=O)NPNC(=O)CC. The normalized spacial score (nSPS) is 8.91. The summed E-state index contributed by atoms with van der Waals surface area (Å²) in [7, 11) is 0.00744. The minimum absolute atomic E-state index is 0.00744. The van der Waals surface area contributed by atoms with Crippen molar-refractivity contribution in [3.05, 3.63) is 0 Å². The van der Waals surface area contributed by atoms with Crippen LogP contribution in [0.1, 0.15) is 26.7 Å². The standard InChI is InChI=1S/C6H13N2O2P/c1-3-5(9)7-11-8-6(10)4-2/h11H,3-4H2,1-2H3,(H,7,9)(H,8,10). The molecule has 4 nitrogen and oxygen atoms in total. The van der Waals surface area contributed by atoms with Crippen molar-refractivity contribution < 1.29 is 9.59 Å². The van der Waals surface area contributed by atoms with Crippen LogP contribution in [0, 0.1) is 0 Å². The number of nitrogens with one attached hydrogen (secondary N) is 2. The van der Waals surface area contributed by atoms with Crippen molar-refractivity contribution in [2.75, 3.05) is 0 Å². The van der Waals surface area contributed by atoms with E-state index in [-0.39, 0.29) is 20.7 Å². The fourth-order valence-corrected chi connectivity index (χ4v) is 1.04. The molecule has 0 aromatic heterocycles. The van der Waals surface area contributed by atoms with Gasteiger partial charge in [0.1, 0.15) is 0 Å². The first-order valence-electron chi connectivity index (χ1n) is 3.53. The molecule has 0 unspecified atom stereocenters. The Hall–Kier alpha value is -0.630. The molecule has 0 atom stereocenters. The molecule has 0 aromatic rings. The van der Waals surface area contributed by atoms with Crippen molar-refractivity contribution in [3.63, 3.8) is 0 Å². The van der Waals surface area contributed by atoms with Gasteiger partial charge in [0, 0.05) is 12.8 Å². The van der Waals surface area contributed by atoms with E-state index in [1.807, 2.05) is 0 Å². The van der Waals surface area contributed by atoms with Crippen molar-refractivity contribution in [2.45, 2.75) is 26.7 Å². The van der Waals surface area contributed by atoms with Gasteiger partial charge in [0.2, 0.25) is 11.8 Å². The molecule has 0 fully saturated rings. The van der Waals surface area contributed by atoms with Crippen LogP contribution in [0.15, 0.2) is 0 Å². The lowest BCUT2D eigenvalue weighted by Crippen LogP contribution is -2.21. The summed E-state index contributed by atoms with van der Waals surface area (Å²) in [6, 6.07) is 0. The van der Waals surface area contributed by atoms with Gasteiger partial charge in [-0.25, -0.2) is 0 Å². The third-order valence-corrected chi connectivity index (χ3v) is 1.85. The minimum atomic E-state index is -0.0419. The highest BCUT2D eigenvalue weighted by Gasteiger charge is 1.97. The van der Waals surface area contributed by atoms with E-state index in [4.69, 9.17) is 0 Å². The van der Waals surface area contributed by atoms with Crippen molar-refractivity contribution in [3.8, 4) is 0 Å². The number of rotatable bonds is 4. The highest BCUT2D eigenvalue weighted by molar-refractivity contribution is 7.35. The zero-order chi connectivity index (χ0) is 8.69. The van der Waals surface area contributed by atoms with E-state index in [2.05, 4.69) is 10.2 Å². The first kappa shape index (κ1) is 10.4. The summed E-state index contributed by atoms with van der Waals surface area (Å²) < 4.78 is 0. The lowest BCUT2D eigenvalue weighted by molar-refractivity contribution is -0.119. The van der Waals surface area contributed by atoms with E-state index < -0.39 is 0 Å². The first-order valence-corrected chi connectivity index (χ1v) is 4.53. The Morgan fingerprint density at radius 1 is 1.09 bits per heavy atom. The topological polar surface area (TPSA) is 58.2 Å². The van der Waals surface area contributed by atoms with E-state index >= 15 is 0 Å². The largest absolute Gasteiger partial charge is 0.321 e. The average Bonchev–Trinajstić information content (AvgIpc) is 2.04. The predicted octanol–water partition coefficient (Wildman–Crippen LogP) is 0.547. The second-order valence-electron chi connectivity index (χ2n) is 1.93. The van der Waals surface area contributed by atoms with Crippen LogP contribution in [0.3, 0.4) is 0 Å². The molecule has 2 N–H and O–H groups in total. The molecule has 64 valence electrons. The third kappa shape index (κ3) is 5.80. The van der Waals surface area contributed by atoms with Crippen molar-refractivity contribution in [1.29, 1.82) is 0 Å². The van der Waals surface area contributed by atoms with Gasteiger partial charge < -0.3 is 10.2 Å². The number of hydrogen-bond donors (Lipinski definition) is 2. The minimum Gasteiger partial charge on any atom is -0.321 e. The van der Waals surface area contributed by atoms with Gasteiger partial charge in [0.15, 0.2) is 0 Å². The first-order chi connectivity index (χ1) is 5.20. The predicted molar refractivity (Wildman–Crippen MR) is 45.2 cm³/mol. The number of hydrogen-bond acceptors (Lipinski definition) is 2. The molecule has 0 saturated heterocycles. The van der Waals surface area contributed by atoms with Gasteiger partial charge >= 0.3 is 0 Å². The maximum atomic E-state index is 10.6. The van der Waals surface area contributed by atoms with Crippen LogP contribution in [0.4, 0.5) is 0 Å². The summed E-state index contributed by atoms with van der Waals surface area (Å²) in [5, 5.41) is 5.11. The third-order valence-electron chi connectivity index (χ3n) is 1.05. The maximum Gasteiger partial charge on any atom is 0.224 e. The Balaban J connectivity index is 3.27. The van der Waals surface area contributed by atoms with Gasteiger partial charge in [-0.15, -0.1) is 0 Å². The van der Waals surface area contributed by atoms with Gasteiger partial charge in [-0.1, -0.05) is 13.8 Å². The molecular formula is C6H13N2O2P. The average molecular weight is 176 g/mol. The zero-order valence-electron chi connectivity index (χ0n) is 6.73. The Labute approximate surface area is 68.0 Å². The molecule has 0 radical (unpaired) electrons. The van der Waals surface area contributed by atoms with Crippen molar-refractivity contribution in [1.82, 2.24) is 10.2 Å². The zero-order valence-corrected chi connectivity index (χ0v) is 7.73. The van der Waals surface area contributed by atoms with Gasteiger partial charge in [-0.3, -0.25) is 9.59 Å². The van der Waals surface area contributed by atoms with Gasteiger partial charge in [0.25, 0.3) is 0 Å². The quantitative estimate of drug-likeness (QED) is 0.614. The van der Waals surface area contributed by atoms with Crippen LogP contribution in [0.25, 0.3) is 0 Å². The summed E-state index contributed by atoms with van der Waals surface area (Å²) in [5.41, 5.74) is 0. The Bertz CT molecular complexity index is 134. The van der Waals surface area contributed by atoms with Crippen LogP contribution in [-0.2, 0) is 9.59 Å². The molecule has 5 heteroatoms. The van der Waals surface area contributed by atoms with Gasteiger partial charge in [-0.2, -0.15) is 0 Å². The van der Waals surface area contributed by atoms with Crippen LogP contribution >= 0.6 is 8.88 Å². The van der Waals surface area contributed by atoms with E-state index in [0.717, 1.165) is 0 Å². The molecule has 2 amide bonds. The van der Waals surface area contributed by atoms with E-state index in [0.29, 0.717) is 12.8 Å². The van der Waals surface area contributed by atoms with Crippen molar-refractivity contribution in [2.24, 2.45) is 0 Å². The van der Waals surface area contributed by atoms with Crippen LogP contribution in [-0.4, -0.2) is 11.8 Å². The summed E-state index contributed by atoms with van der Waals surface area (Å²) in [5.74, 6) is -0.0838. The van der Waals surface area contributed by atoms with Crippen LogP contribution in [0.5, 0.6) is 0 Å². The van der Waals surface area contributed by atoms with E-state index in [1.54, 1.807) is 13.8 Å². The Kier molecular flexibility index (Phi) is 5.75. The fraction of sp³-hybridized carbons (Fsp3) is 0.667. The fourth-order valence-electron chi connectivity index (χ4n) is 0.347. The summed E-state index contributed by atoms with van der Waals surface area (Å²) in [4.78, 5) is 21.3. The molecule has 11 heavy (non-hydrogen) atoms. The highest BCUT2D eigenvalue weighted by atomic mass is 31.1. The van der Waals surface area contributed by atoms with E-state index in [1.165, 1.54) is 0 Å². The smallest absolute Gasteiger partial charge is 0.224 e. The Morgan fingerprint density at radius 2 is 1.45 bits per heavy atom. The van der Waals surface area contributed by atoms with Gasteiger partial charge in [0.05, 0.1) is 8.88 Å². The monoisotopic (exact) mass is 176 g/mol. The van der Waals surface area contributed by atoms with Crippen LogP contribution in [0.2, 0.25) is 0 Å². The molecule has 0 spiro atoms. The Morgan fingerprint density at radius 3 is 1.73 bits per heavy atom. The molecule has 0 saturated carbocycles. The molecule has 0 rings (SSSR count). The number of carbonyl (C=O) groups is 2. The lowest BCUT2D eigenvalue weighted by atomic mass is 10.5. The molecule has 0 bridgehead atoms.